The summed E-state index contributed by atoms with van der Waals surface area (Å²) in [5.41, 5.74) is 5.01. The van der Waals surface area contributed by atoms with Gasteiger partial charge in [-0.2, -0.15) is 0 Å². The number of halogens is 3. The van der Waals surface area contributed by atoms with E-state index in [9.17, 15) is 18.0 Å². The zero-order valence-corrected chi connectivity index (χ0v) is 10.1. The Morgan fingerprint density at radius 2 is 2.10 bits per heavy atom. The summed E-state index contributed by atoms with van der Waals surface area (Å²) in [5, 5.41) is 19.9. The van der Waals surface area contributed by atoms with E-state index in [1.54, 1.807) is 0 Å². The number of carbonyl (C=O) groups excluding carboxylic acids is 1. The van der Waals surface area contributed by atoms with Gasteiger partial charge in [0.1, 0.15) is 0 Å². The van der Waals surface area contributed by atoms with Gasteiger partial charge in [0.05, 0.1) is 18.4 Å². The van der Waals surface area contributed by atoms with Crippen molar-refractivity contribution in [1.82, 2.24) is 5.32 Å². The third-order valence-corrected chi connectivity index (χ3v) is 2.21. The van der Waals surface area contributed by atoms with E-state index in [1.165, 1.54) is 0 Å². The molecule has 1 aromatic rings. The molecule has 0 fully saturated rings. The maximum Gasteiger partial charge on any atom is 0.573 e. The molecule has 0 aliphatic carbocycles. The van der Waals surface area contributed by atoms with E-state index in [-0.39, 0.29) is 17.8 Å². The molecule has 0 radical (unpaired) electrons. The SMILES string of the molecule is Nc1cc(C(=O)NCC(O)CO)ccc1OC(F)(F)F. The summed E-state index contributed by atoms with van der Waals surface area (Å²) in [5.74, 6) is -1.26. The maximum absolute atomic E-state index is 12.0. The van der Waals surface area contributed by atoms with Crippen LogP contribution in [0.15, 0.2) is 18.2 Å². The summed E-state index contributed by atoms with van der Waals surface area (Å²) in [6.07, 6.45) is -5.99. The molecular weight excluding hydrogens is 281 g/mol. The molecule has 9 heteroatoms. The first-order valence-corrected chi connectivity index (χ1v) is 5.45. The van der Waals surface area contributed by atoms with Gasteiger partial charge in [-0.15, -0.1) is 13.2 Å². The van der Waals surface area contributed by atoms with Crippen LogP contribution >= 0.6 is 0 Å². The Kier molecular flexibility index (Phi) is 5.17. The minimum atomic E-state index is -4.87. The number of aliphatic hydroxyl groups excluding tert-OH is 2. The highest BCUT2D eigenvalue weighted by Gasteiger charge is 2.32. The number of ether oxygens (including phenoxy) is 1. The van der Waals surface area contributed by atoms with E-state index in [0.29, 0.717) is 0 Å². The molecule has 0 bridgehead atoms. The standard InChI is InChI=1S/C11H13F3N2O4/c12-11(13,14)20-9-2-1-6(3-8(9)15)10(19)16-4-7(18)5-17/h1-3,7,17-18H,4-5,15H2,(H,16,19). The molecular formula is C11H13F3N2O4. The Hall–Kier alpha value is -2.00. The summed E-state index contributed by atoms with van der Waals surface area (Å²) < 4.78 is 39.7. The third kappa shape index (κ3) is 4.94. The Balaban J connectivity index is 2.74. The lowest BCUT2D eigenvalue weighted by atomic mass is 10.1. The van der Waals surface area contributed by atoms with Gasteiger partial charge < -0.3 is 26.0 Å². The summed E-state index contributed by atoms with van der Waals surface area (Å²) >= 11 is 0. The van der Waals surface area contributed by atoms with Crippen LogP contribution in [0.25, 0.3) is 0 Å². The number of benzene rings is 1. The van der Waals surface area contributed by atoms with Crippen molar-refractivity contribution < 1.29 is 32.9 Å². The quantitative estimate of drug-likeness (QED) is 0.583. The second kappa shape index (κ2) is 6.44. The molecule has 1 rings (SSSR count). The van der Waals surface area contributed by atoms with Gasteiger partial charge in [0.15, 0.2) is 5.75 Å². The van der Waals surface area contributed by atoms with Crippen molar-refractivity contribution >= 4 is 11.6 Å². The molecule has 1 aromatic carbocycles. The zero-order chi connectivity index (χ0) is 15.3. The van der Waals surface area contributed by atoms with Gasteiger partial charge in [-0.25, -0.2) is 0 Å². The second-order valence-corrected chi connectivity index (χ2v) is 3.85. The van der Waals surface area contributed by atoms with E-state index < -0.39 is 30.7 Å². The minimum absolute atomic E-state index is 0.00200. The van der Waals surface area contributed by atoms with Crippen LogP contribution in [0, 0.1) is 0 Å². The van der Waals surface area contributed by atoms with Crippen LogP contribution in [0.1, 0.15) is 10.4 Å². The van der Waals surface area contributed by atoms with Crippen molar-refractivity contribution in [3.63, 3.8) is 0 Å². The van der Waals surface area contributed by atoms with Gasteiger partial charge >= 0.3 is 6.36 Å². The number of alkyl halides is 3. The first-order chi connectivity index (χ1) is 9.23. The van der Waals surface area contributed by atoms with Gasteiger partial charge in [0, 0.05) is 12.1 Å². The number of rotatable bonds is 5. The van der Waals surface area contributed by atoms with Gasteiger partial charge in [0.2, 0.25) is 0 Å². The highest BCUT2D eigenvalue weighted by atomic mass is 19.4. The van der Waals surface area contributed by atoms with Crippen LogP contribution in [-0.2, 0) is 0 Å². The Labute approximate surface area is 112 Å². The molecule has 0 aliphatic rings. The third-order valence-electron chi connectivity index (χ3n) is 2.21. The molecule has 0 saturated heterocycles. The molecule has 5 N–H and O–H groups in total. The Bertz CT molecular complexity index is 479. The van der Waals surface area contributed by atoms with Crippen molar-refractivity contribution in [3.8, 4) is 5.75 Å². The van der Waals surface area contributed by atoms with Crippen LogP contribution < -0.4 is 15.8 Å². The summed E-state index contributed by atoms with van der Waals surface area (Å²) in [7, 11) is 0. The van der Waals surface area contributed by atoms with Crippen LogP contribution in [-0.4, -0.2) is 41.7 Å². The number of carbonyl (C=O) groups is 1. The predicted octanol–water partition coefficient (Wildman–Crippen LogP) is 0.250. The normalized spacial score (nSPS) is 12.8. The van der Waals surface area contributed by atoms with Crippen LogP contribution in [0.5, 0.6) is 5.75 Å². The fourth-order valence-corrected chi connectivity index (χ4v) is 1.28. The number of amides is 1. The van der Waals surface area contributed by atoms with Gasteiger partial charge in [0.25, 0.3) is 5.91 Å². The lowest BCUT2D eigenvalue weighted by Gasteiger charge is -2.13. The number of anilines is 1. The fraction of sp³-hybridized carbons (Fsp3) is 0.364. The van der Waals surface area contributed by atoms with Crippen LogP contribution in [0.2, 0.25) is 0 Å². The lowest BCUT2D eigenvalue weighted by Crippen LogP contribution is -2.33. The summed E-state index contributed by atoms with van der Waals surface area (Å²) in [6.45, 7) is -0.725. The number of hydrogen-bond acceptors (Lipinski definition) is 5. The fourth-order valence-electron chi connectivity index (χ4n) is 1.28. The Morgan fingerprint density at radius 3 is 2.60 bits per heavy atom. The monoisotopic (exact) mass is 294 g/mol. The average Bonchev–Trinajstić information content (AvgIpc) is 2.36. The summed E-state index contributed by atoms with van der Waals surface area (Å²) in [4.78, 5) is 11.6. The molecule has 0 heterocycles. The van der Waals surface area contributed by atoms with Gasteiger partial charge in [-0.1, -0.05) is 0 Å². The largest absolute Gasteiger partial charge is 0.573 e. The highest BCUT2D eigenvalue weighted by molar-refractivity contribution is 5.95. The highest BCUT2D eigenvalue weighted by Crippen LogP contribution is 2.28. The van der Waals surface area contributed by atoms with Crippen molar-refractivity contribution in [2.45, 2.75) is 12.5 Å². The number of nitrogen functional groups attached to an aromatic ring is 1. The topological polar surface area (TPSA) is 105 Å². The number of hydrogen-bond donors (Lipinski definition) is 4. The van der Waals surface area contributed by atoms with E-state index in [2.05, 4.69) is 10.1 Å². The van der Waals surface area contributed by atoms with E-state index in [0.717, 1.165) is 18.2 Å². The molecule has 1 atom stereocenters. The summed E-state index contributed by atoms with van der Waals surface area (Å²) in [6, 6.07) is 3.03. The zero-order valence-electron chi connectivity index (χ0n) is 10.1. The lowest BCUT2D eigenvalue weighted by molar-refractivity contribution is -0.274. The molecule has 6 nitrogen and oxygen atoms in total. The molecule has 20 heavy (non-hydrogen) atoms. The van der Waals surface area contributed by atoms with E-state index in [4.69, 9.17) is 15.9 Å². The molecule has 1 unspecified atom stereocenters. The van der Waals surface area contributed by atoms with Crippen LogP contribution in [0.3, 0.4) is 0 Å². The maximum atomic E-state index is 12.0. The van der Waals surface area contributed by atoms with Crippen molar-refractivity contribution in [1.29, 1.82) is 0 Å². The van der Waals surface area contributed by atoms with Crippen molar-refractivity contribution in [2.75, 3.05) is 18.9 Å². The smallest absolute Gasteiger partial charge is 0.404 e. The first-order valence-electron chi connectivity index (χ1n) is 5.45. The average molecular weight is 294 g/mol. The van der Waals surface area contributed by atoms with E-state index in [1.807, 2.05) is 0 Å². The predicted molar refractivity (Wildman–Crippen MR) is 63.0 cm³/mol. The molecule has 0 spiro atoms. The first kappa shape index (κ1) is 16.1. The molecule has 1 amide bonds. The Morgan fingerprint density at radius 1 is 1.45 bits per heavy atom. The van der Waals surface area contributed by atoms with Crippen molar-refractivity contribution in [3.05, 3.63) is 23.8 Å². The molecule has 0 aliphatic heterocycles. The second-order valence-electron chi connectivity index (χ2n) is 3.85. The number of nitrogens with two attached hydrogens (primary N) is 1. The molecule has 112 valence electrons. The van der Waals surface area contributed by atoms with Crippen LogP contribution in [0.4, 0.5) is 18.9 Å². The molecule has 0 aromatic heterocycles. The van der Waals surface area contributed by atoms with E-state index >= 15 is 0 Å². The molecule has 0 saturated carbocycles. The van der Waals surface area contributed by atoms with Gasteiger partial charge in [-0.05, 0) is 18.2 Å². The van der Waals surface area contributed by atoms with Crippen molar-refractivity contribution in [2.24, 2.45) is 0 Å². The minimum Gasteiger partial charge on any atom is -0.404 e. The van der Waals surface area contributed by atoms with Gasteiger partial charge in [-0.3, -0.25) is 4.79 Å². The number of nitrogens with one attached hydrogen (secondary N) is 1. The number of aliphatic hydroxyl groups is 2.